The lowest BCUT2D eigenvalue weighted by Crippen LogP contribution is -2.20. The number of carbonyl (C=O) groups excluding carboxylic acids is 2. The summed E-state index contributed by atoms with van der Waals surface area (Å²) in [6.45, 7) is 5.41. The normalized spacial score (nSPS) is 18.1. The fraction of sp³-hybridized carbons (Fsp3) is 0.875. The van der Waals surface area contributed by atoms with E-state index < -0.39 is 5.25 Å². The standard InChI is InChI=1S/C16H28O5S/c1-12(2)6-4-3-5-7-14(22)16(18)19-9-8-15(17)21-11-13-10-20-13/h12-14,22H,3-11H2,1-2H3/t13-,14?/m0/s1. The van der Waals surface area contributed by atoms with Gasteiger partial charge in [-0.05, 0) is 12.3 Å². The van der Waals surface area contributed by atoms with Crippen molar-refractivity contribution < 1.29 is 23.8 Å². The van der Waals surface area contributed by atoms with E-state index in [9.17, 15) is 9.59 Å². The second-order valence-electron chi connectivity index (χ2n) is 6.10. The molecule has 0 radical (unpaired) electrons. The summed E-state index contributed by atoms with van der Waals surface area (Å²) in [7, 11) is 0. The first kappa shape index (κ1) is 19.3. The van der Waals surface area contributed by atoms with Gasteiger partial charge in [-0.3, -0.25) is 9.59 Å². The van der Waals surface area contributed by atoms with Gasteiger partial charge in [0.2, 0.25) is 0 Å². The highest BCUT2D eigenvalue weighted by molar-refractivity contribution is 7.81. The number of hydrogen-bond acceptors (Lipinski definition) is 6. The maximum atomic E-state index is 11.7. The van der Waals surface area contributed by atoms with Gasteiger partial charge in [0.25, 0.3) is 0 Å². The van der Waals surface area contributed by atoms with Crippen molar-refractivity contribution in [1.29, 1.82) is 0 Å². The van der Waals surface area contributed by atoms with E-state index in [1.54, 1.807) is 0 Å². The average Bonchev–Trinajstić information content (AvgIpc) is 3.28. The van der Waals surface area contributed by atoms with E-state index in [0.29, 0.717) is 19.6 Å². The predicted molar refractivity (Wildman–Crippen MR) is 87.0 cm³/mol. The summed E-state index contributed by atoms with van der Waals surface area (Å²) in [5.74, 6) is 0.00113. The summed E-state index contributed by atoms with van der Waals surface area (Å²) in [6.07, 6.45) is 5.33. The lowest BCUT2D eigenvalue weighted by Gasteiger charge is -2.11. The van der Waals surface area contributed by atoms with E-state index in [1.807, 2.05) is 0 Å². The van der Waals surface area contributed by atoms with Crippen LogP contribution < -0.4 is 0 Å². The van der Waals surface area contributed by atoms with Crippen LogP contribution >= 0.6 is 12.6 Å². The molecule has 0 amide bonds. The summed E-state index contributed by atoms with van der Waals surface area (Å²) in [5.41, 5.74) is 0. The number of thiol groups is 1. The molecule has 0 N–H and O–H groups in total. The van der Waals surface area contributed by atoms with E-state index in [4.69, 9.17) is 14.2 Å². The van der Waals surface area contributed by atoms with E-state index >= 15 is 0 Å². The molecular weight excluding hydrogens is 304 g/mol. The molecule has 1 fully saturated rings. The Morgan fingerprint density at radius 3 is 2.50 bits per heavy atom. The molecule has 1 heterocycles. The number of esters is 2. The first-order valence-electron chi connectivity index (χ1n) is 8.11. The SMILES string of the molecule is CC(C)CCCCCC(S)C(=O)OCCC(=O)OC[C@@H]1CO1. The van der Waals surface area contributed by atoms with Crippen molar-refractivity contribution >= 4 is 24.6 Å². The Kier molecular flexibility index (Phi) is 9.55. The zero-order valence-electron chi connectivity index (χ0n) is 13.6. The van der Waals surface area contributed by atoms with Crippen LogP contribution in [0.1, 0.15) is 52.4 Å². The van der Waals surface area contributed by atoms with Gasteiger partial charge >= 0.3 is 11.9 Å². The van der Waals surface area contributed by atoms with Gasteiger partial charge in [-0.1, -0.05) is 39.5 Å². The second kappa shape index (κ2) is 10.9. The van der Waals surface area contributed by atoms with Crippen molar-refractivity contribution in [2.45, 2.75) is 63.7 Å². The third-order valence-electron chi connectivity index (χ3n) is 3.41. The molecule has 0 saturated carbocycles. The van der Waals surface area contributed by atoms with Crippen LogP contribution in [0.15, 0.2) is 0 Å². The zero-order valence-corrected chi connectivity index (χ0v) is 14.5. The first-order chi connectivity index (χ1) is 10.5. The molecule has 0 aliphatic carbocycles. The smallest absolute Gasteiger partial charge is 0.318 e. The minimum atomic E-state index is -0.407. The topological polar surface area (TPSA) is 65.1 Å². The fourth-order valence-corrected chi connectivity index (χ4v) is 2.20. The molecule has 0 spiro atoms. The molecule has 0 aromatic carbocycles. The molecule has 128 valence electrons. The molecular formula is C16H28O5S. The fourth-order valence-electron chi connectivity index (χ4n) is 1.94. The van der Waals surface area contributed by atoms with Crippen LogP contribution in [0.2, 0.25) is 0 Å². The monoisotopic (exact) mass is 332 g/mol. The summed E-state index contributed by atoms with van der Waals surface area (Å²) in [4.78, 5) is 23.0. The molecule has 6 heteroatoms. The zero-order chi connectivity index (χ0) is 16.4. The minimum Gasteiger partial charge on any atom is -0.464 e. The molecule has 0 aromatic heterocycles. The van der Waals surface area contributed by atoms with Crippen LogP contribution in [0.4, 0.5) is 0 Å². The van der Waals surface area contributed by atoms with Gasteiger partial charge in [0.1, 0.15) is 19.3 Å². The van der Waals surface area contributed by atoms with E-state index in [1.165, 1.54) is 12.8 Å². The highest BCUT2D eigenvalue weighted by Crippen LogP contribution is 2.14. The van der Waals surface area contributed by atoms with E-state index in [2.05, 4.69) is 26.5 Å². The Morgan fingerprint density at radius 2 is 1.86 bits per heavy atom. The number of epoxide rings is 1. The van der Waals surface area contributed by atoms with Crippen molar-refractivity contribution in [2.24, 2.45) is 5.92 Å². The Bertz CT molecular complexity index is 341. The van der Waals surface area contributed by atoms with E-state index in [0.717, 1.165) is 18.8 Å². The summed E-state index contributed by atoms with van der Waals surface area (Å²) < 4.78 is 14.9. The van der Waals surface area contributed by atoms with Crippen LogP contribution in [0.3, 0.4) is 0 Å². The number of rotatable bonds is 12. The summed E-state index contributed by atoms with van der Waals surface area (Å²) in [5, 5.41) is -0.407. The molecule has 22 heavy (non-hydrogen) atoms. The van der Waals surface area contributed by atoms with Crippen LogP contribution in [0.25, 0.3) is 0 Å². The van der Waals surface area contributed by atoms with Crippen LogP contribution in [0, 0.1) is 5.92 Å². The van der Waals surface area contributed by atoms with Crippen molar-refractivity contribution in [1.82, 2.24) is 0 Å². The summed E-state index contributed by atoms with van der Waals surface area (Å²) in [6, 6.07) is 0. The molecule has 1 aliphatic heterocycles. The number of hydrogen-bond donors (Lipinski definition) is 1. The predicted octanol–water partition coefficient (Wildman–Crippen LogP) is 2.77. The molecule has 0 bridgehead atoms. The number of carbonyl (C=O) groups is 2. The Labute approximate surface area is 138 Å². The van der Waals surface area contributed by atoms with Crippen molar-refractivity contribution in [3.05, 3.63) is 0 Å². The lowest BCUT2D eigenvalue weighted by molar-refractivity contribution is -0.149. The number of ether oxygens (including phenoxy) is 3. The minimum absolute atomic E-state index is 0.0492. The molecule has 1 unspecified atom stereocenters. The first-order valence-corrected chi connectivity index (χ1v) is 8.62. The maximum Gasteiger partial charge on any atom is 0.318 e. The van der Waals surface area contributed by atoms with E-state index in [-0.39, 0.29) is 31.1 Å². The van der Waals surface area contributed by atoms with Crippen LogP contribution in [-0.4, -0.2) is 43.1 Å². The third-order valence-corrected chi connectivity index (χ3v) is 3.88. The molecule has 1 saturated heterocycles. The van der Waals surface area contributed by atoms with Gasteiger partial charge in [0, 0.05) is 0 Å². The molecule has 1 rings (SSSR count). The molecule has 1 aliphatic rings. The Balaban J connectivity index is 1.96. The summed E-state index contributed by atoms with van der Waals surface area (Å²) >= 11 is 4.26. The highest BCUT2D eigenvalue weighted by atomic mass is 32.1. The van der Waals surface area contributed by atoms with Crippen molar-refractivity contribution in [3.8, 4) is 0 Å². The van der Waals surface area contributed by atoms with Gasteiger partial charge < -0.3 is 14.2 Å². The average molecular weight is 332 g/mol. The highest BCUT2D eigenvalue weighted by Gasteiger charge is 2.24. The lowest BCUT2D eigenvalue weighted by atomic mass is 10.0. The quantitative estimate of drug-likeness (QED) is 0.258. The number of unbranched alkanes of at least 4 members (excludes halogenated alkanes) is 2. The largest absolute Gasteiger partial charge is 0.464 e. The van der Waals surface area contributed by atoms with Crippen LogP contribution in [-0.2, 0) is 23.8 Å². The maximum absolute atomic E-state index is 11.7. The molecule has 0 aromatic rings. The third kappa shape index (κ3) is 10.1. The van der Waals surface area contributed by atoms with Gasteiger partial charge in [0.05, 0.1) is 18.3 Å². The second-order valence-corrected chi connectivity index (χ2v) is 6.73. The van der Waals surface area contributed by atoms with Gasteiger partial charge in [-0.15, -0.1) is 0 Å². The Hall–Kier alpha value is -0.750. The molecule has 5 nitrogen and oxygen atoms in total. The van der Waals surface area contributed by atoms with Gasteiger partial charge in [-0.25, -0.2) is 0 Å². The van der Waals surface area contributed by atoms with Crippen molar-refractivity contribution in [3.63, 3.8) is 0 Å². The van der Waals surface area contributed by atoms with Crippen molar-refractivity contribution in [2.75, 3.05) is 19.8 Å². The van der Waals surface area contributed by atoms with Crippen LogP contribution in [0.5, 0.6) is 0 Å². The van der Waals surface area contributed by atoms with Gasteiger partial charge in [0.15, 0.2) is 0 Å². The Morgan fingerprint density at radius 1 is 1.18 bits per heavy atom. The molecule has 2 atom stereocenters. The van der Waals surface area contributed by atoms with Gasteiger partial charge in [-0.2, -0.15) is 12.6 Å².